The Balaban J connectivity index is 2.43. The Kier molecular flexibility index (Phi) is 2.78. The van der Waals surface area contributed by atoms with Crippen LogP contribution < -0.4 is 5.73 Å². The van der Waals surface area contributed by atoms with Crippen LogP contribution in [0.3, 0.4) is 0 Å². The van der Waals surface area contributed by atoms with Crippen LogP contribution in [-0.2, 0) is 17.7 Å². The first kappa shape index (κ1) is 10.9. The molecule has 1 aromatic heterocycles. The maximum atomic E-state index is 11.4. The van der Waals surface area contributed by atoms with Crippen LogP contribution in [-0.4, -0.2) is 36.6 Å². The number of rotatable bonds is 1. The molecule has 5 heteroatoms. The second-order valence-corrected chi connectivity index (χ2v) is 4.01. The average molecular weight is 221 g/mol. The summed E-state index contributed by atoms with van der Waals surface area (Å²) in [5.41, 5.74) is 8.14. The van der Waals surface area contributed by atoms with Crippen LogP contribution in [0.2, 0.25) is 0 Å². The van der Waals surface area contributed by atoms with Gasteiger partial charge < -0.3 is 15.4 Å². The molecular formula is C11H15N3O2. The fourth-order valence-corrected chi connectivity index (χ4v) is 1.90. The third kappa shape index (κ3) is 1.86. The molecule has 5 nitrogen and oxygen atoms in total. The van der Waals surface area contributed by atoms with Crippen LogP contribution in [0.1, 0.15) is 21.6 Å². The fourth-order valence-electron chi connectivity index (χ4n) is 1.90. The van der Waals surface area contributed by atoms with Crippen molar-refractivity contribution in [2.75, 3.05) is 26.4 Å². The number of methoxy groups -OCH3 is 1. The van der Waals surface area contributed by atoms with Gasteiger partial charge in [-0.1, -0.05) is 0 Å². The van der Waals surface area contributed by atoms with Gasteiger partial charge in [0.15, 0.2) is 0 Å². The summed E-state index contributed by atoms with van der Waals surface area (Å²) in [7, 11) is 3.38. The summed E-state index contributed by atoms with van der Waals surface area (Å²) in [4.78, 5) is 17.9. The van der Waals surface area contributed by atoms with Crippen molar-refractivity contribution in [1.82, 2.24) is 9.88 Å². The number of pyridine rings is 1. The van der Waals surface area contributed by atoms with Crippen LogP contribution in [0.25, 0.3) is 0 Å². The Hall–Kier alpha value is -1.62. The van der Waals surface area contributed by atoms with Crippen molar-refractivity contribution in [3.8, 4) is 0 Å². The highest BCUT2D eigenvalue weighted by Gasteiger charge is 2.19. The molecule has 0 spiro atoms. The molecule has 86 valence electrons. The van der Waals surface area contributed by atoms with Crippen molar-refractivity contribution < 1.29 is 9.53 Å². The Morgan fingerprint density at radius 1 is 1.62 bits per heavy atom. The van der Waals surface area contributed by atoms with Gasteiger partial charge in [-0.3, -0.25) is 0 Å². The zero-order valence-corrected chi connectivity index (χ0v) is 9.49. The third-order valence-electron chi connectivity index (χ3n) is 2.80. The van der Waals surface area contributed by atoms with Gasteiger partial charge in [-0.05, 0) is 18.7 Å². The van der Waals surface area contributed by atoms with Gasteiger partial charge in [0.25, 0.3) is 0 Å². The first-order chi connectivity index (χ1) is 7.61. The van der Waals surface area contributed by atoms with Gasteiger partial charge in [-0.2, -0.15) is 0 Å². The van der Waals surface area contributed by atoms with E-state index in [0.29, 0.717) is 5.56 Å². The summed E-state index contributed by atoms with van der Waals surface area (Å²) < 4.78 is 4.66. The first-order valence-electron chi connectivity index (χ1n) is 5.17. The van der Waals surface area contributed by atoms with E-state index in [4.69, 9.17) is 5.73 Å². The summed E-state index contributed by atoms with van der Waals surface area (Å²) in [5, 5.41) is 0. The SMILES string of the molecule is COC(=O)c1cc2c(nc1N)CCN(C)C2. The molecule has 2 N–H and O–H groups in total. The largest absolute Gasteiger partial charge is 0.465 e. The van der Waals surface area contributed by atoms with Crippen LogP contribution >= 0.6 is 0 Å². The number of hydrogen-bond donors (Lipinski definition) is 1. The maximum absolute atomic E-state index is 11.4. The third-order valence-corrected chi connectivity index (χ3v) is 2.80. The van der Waals surface area contributed by atoms with Crippen molar-refractivity contribution in [2.24, 2.45) is 0 Å². The Bertz CT molecular complexity index is 431. The van der Waals surface area contributed by atoms with Gasteiger partial charge >= 0.3 is 5.97 Å². The highest BCUT2D eigenvalue weighted by atomic mass is 16.5. The van der Waals surface area contributed by atoms with Gasteiger partial charge in [-0.25, -0.2) is 9.78 Å². The number of nitrogens with two attached hydrogens (primary N) is 1. The maximum Gasteiger partial charge on any atom is 0.341 e. The van der Waals surface area contributed by atoms with Crippen molar-refractivity contribution in [2.45, 2.75) is 13.0 Å². The number of hydrogen-bond acceptors (Lipinski definition) is 5. The highest BCUT2D eigenvalue weighted by Crippen LogP contribution is 2.21. The number of esters is 1. The number of fused-ring (bicyclic) bond motifs is 1. The normalized spacial score (nSPS) is 15.6. The molecule has 1 aromatic rings. The highest BCUT2D eigenvalue weighted by molar-refractivity contribution is 5.94. The Labute approximate surface area is 94.2 Å². The van der Waals surface area contributed by atoms with Crippen LogP contribution in [0.15, 0.2) is 6.07 Å². The van der Waals surface area contributed by atoms with E-state index >= 15 is 0 Å². The van der Waals surface area contributed by atoms with Crippen LogP contribution in [0.5, 0.6) is 0 Å². The Morgan fingerprint density at radius 3 is 3.06 bits per heavy atom. The van der Waals surface area contributed by atoms with E-state index in [-0.39, 0.29) is 5.82 Å². The number of nitrogens with zero attached hydrogens (tertiary/aromatic N) is 2. The van der Waals surface area contributed by atoms with E-state index < -0.39 is 5.97 Å². The number of likely N-dealkylation sites (N-methyl/N-ethyl adjacent to an activating group) is 1. The molecule has 0 fully saturated rings. The second kappa shape index (κ2) is 4.09. The average Bonchev–Trinajstić information content (AvgIpc) is 2.28. The topological polar surface area (TPSA) is 68.4 Å². The van der Waals surface area contributed by atoms with Gasteiger partial charge in [-0.15, -0.1) is 0 Å². The molecule has 0 amide bonds. The minimum absolute atomic E-state index is 0.259. The quantitative estimate of drug-likeness (QED) is 0.697. The molecule has 0 aromatic carbocycles. The summed E-state index contributed by atoms with van der Waals surface area (Å²) in [6.45, 7) is 1.77. The zero-order valence-electron chi connectivity index (χ0n) is 9.49. The van der Waals surface area contributed by atoms with Gasteiger partial charge in [0.1, 0.15) is 11.4 Å². The van der Waals surface area contributed by atoms with Gasteiger partial charge in [0.2, 0.25) is 0 Å². The summed E-state index contributed by atoms with van der Waals surface area (Å²) in [5.74, 6) is -0.170. The molecule has 2 rings (SSSR count). The summed E-state index contributed by atoms with van der Waals surface area (Å²) in [6.07, 6.45) is 0.873. The molecule has 0 bridgehead atoms. The minimum atomic E-state index is -0.430. The fraction of sp³-hybridized carbons (Fsp3) is 0.455. The number of nitrogen functional groups attached to an aromatic ring is 1. The molecule has 1 aliphatic rings. The lowest BCUT2D eigenvalue weighted by Gasteiger charge is -2.24. The standard InChI is InChI=1S/C11H15N3O2/c1-14-4-3-9-7(6-14)5-8(10(12)13-9)11(15)16-2/h5H,3-4,6H2,1-2H3,(H2,12,13). The van der Waals surface area contributed by atoms with Crippen molar-refractivity contribution in [1.29, 1.82) is 0 Å². The van der Waals surface area contributed by atoms with E-state index in [1.54, 1.807) is 6.07 Å². The number of carbonyl (C=O) groups is 1. The van der Waals surface area contributed by atoms with Crippen molar-refractivity contribution in [3.63, 3.8) is 0 Å². The summed E-state index contributed by atoms with van der Waals surface area (Å²) >= 11 is 0. The molecule has 0 unspecified atom stereocenters. The zero-order chi connectivity index (χ0) is 11.7. The monoisotopic (exact) mass is 221 g/mol. The van der Waals surface area contributed by atoms with Gasteiger partial charge in [0, 0.05) is 25.2 Å². The number of ether oxygens (including phenoxy) is 1. The van der Waals surface area contributed by atoms with Gasteiger partial charge in [0.05, 0.1) is 7.11 Å². The lowest BCUT2D eigenvalue weighted by atomic mass is 10.0. The second-order valence-electron chi connectivity index (χ2n) is 4.01. The van der Waals surface area contributed by atoms with E-state index in [9.17, 15) is 4.79 Å². The van der Waals surface area contributed by atoms with E-state index in [1.807, 2.05) is 7.05 Å². The van der Waals surface area contributed by atoms with E-state index in [0.717, 1.165) is 30.8 Å². The molecule has 0 saturated carbocycles. The Morgan fingerprint density at radius 2 is 2.38 bits per heavy atom. The van der Waals surface area contributed by atoms with E-state index in [1.165, 1.54) is 7.11 Å². The first-order valence-corrected chi connectivity index (χ1v) is 5.17. The molecule has 0 atom stereocenters. The minimum Gasteiger partial charge on any atom is -0.465 e. The molecular weight excluding hydrogens is 206 g/mol. The molecule has 1 aliphatic heterocycles. The smallest absolute Gasteiger partial charge is 0.341 e. The van der Waals surface area contributed by atoms with E-state index in [2.05, 4.69) is 14.6 Å². The van der Waals surface area contributed by atoms with Crippen molar-refractivity contribution >= 4 is 11.8 Å². The molecule has 2 heterocycles. The number of anilines is 1. The number of aromatic nitrogens is 1. The lowest BCUT2D eigenvalue weighted by Crippen LogP contribution is -2.28. The van der Waals surface area contributed by atoms with Crippen LogP contribution in [0, 0.1) is 0 Å². The molecule has 0 saturated heterocycles. The predicted molar refractivity (Wildman–Crippen MR) is 60.0 cm³/mol. The van der Waals surface area contributed by atoms with Crippen molar-refractivity contribution in [3.05, 3.63) is 22.9 Å². The summed E-state index contributed by atoms with van der Waals surface area (Å²) in [6, 6.07) is 1.79. The van der Waals surface area contributed by atoms with Crippen LogP contribution in [0.4, 0.5) is 5.82 Å². The number of carbonyl (C=O) groups excluding carboxylic acids is 1. The predicted octanol–water partition coefficient (Wildman–Crippen LogP) is 0.438. The molecule has 0 radical (unpaired) electrons. The lowest BCUT2D eigenvalue weighted by molar-refractivity contribution is 0.0601. The molecule has 0 aliphatic carbocycles. The molecule has 16 heavy (non-hydrogen) atoms.